The number of rotatable bonds is 0. The Morgan fingerprint density at radius 3 is 2.25 bits per heavy atom. The van der Waals surface area contributed by atoms with Crippen LogP contribution in [0.5, 0.6) is 0 Å². The van der Waals surface area contributed by atoms with E-state index in [1.54, 1.807) is 5.38 Å². The number of hydrogen-bond donors (Lipinski definition) is 2. The van der Waals surface area contributed by atoms with Crippen molar-refractivity contribution in [2.75, 3.05) is 11.5 Å². The molecule has 0 saturated carbocycles. The Bertz CT molecular complexity index is 433. The van der Waals surface area contributed by atoms with Crippen molar-refractivity contribution < 1.29 is 8.78 Å². The second kappa shape index (κ2) is 3.50. The van der Waals surface area contributed by atoms with Gasteiger partial charge in [0.05, 0.1) is 0 Å². The van der Waals surface area contributed by atoms with Gasteiger partial charge in [-0.15, -0.1) is 23.5 Å². The standard InChI is InChI=1S/C9H8F2S5/c10-9(11)7(12,13)5-3-14-4-6(5)8(9)15-1-2-16-8/h3-4,12-13H,1-2H2. The van der Waals surface area contributed by atoms with Crippen molar-refractivity contribution in [2.45, 2.75) is 14.1 Å². The summed E-state index contributed by atoms with van der Waals surface area (Å²) in [4.78, 5) is 0. The number of halogens is 2. The van der Waals surface area contributed by atoms with E-state index in [2.05, 4.69) is 25.3 Å². The lowest BCUT2D eigenvalue weighted by Gasteiger charge is -2.35. The fraction of sp³-hybridized carbons (Fsp3) is 0.556. The van der Waals surface area contributed by atoms with Gasteiger partial charge in [0.25, 0.3) is 0 Å². The van der Waals surface area contributed by atoms with Crippen LogP contribution in [-0.2, 0) is 8.16 Å². The number of thiol groups is 2. The summed E-state index contributed by atoms with van der Waals surface area (Å²) in [5.74, 6) is -1.42. The van der Waals surface area contributed by atoms with E-state index < -0.39 is 14.1 Å². The SMILES string of the molecule is FC1(F)C(S)(S)c2cscc2C12SCCS2. The van der Waals surface area contributed by atoms with Crippen molar-refractivity contribution >= 4 is 60.1 Å². The van der Waals surface area contributed by atoms with Gasteiger partial charge in [-0.25, -0.2) is 8.78 Å². The van der Waals surface area contributed by atoms with E-state index in [1.807, 2.05) is 5.38 Å². The van der Waals surface area contributed by atoms with Gasteiger partial charge in [-0.2, -0.15) is 36.6 Å². The van der Waals surface area contributed by atoms with Gasteiger partial charge in [-0.1, -0.05) is 0 Å². The number of hydrogen-bond acceptors (Lipinski definition) is 5. The maximum Gasteiger partial charge on any atom is 0.302 e. The highest BCUT2D eigenvalue weighted by molar-refractivity contribution is 8.20. The second-order valence-corrected chi connectivity index (χ2v) is 9.07. The van der Waals surface area contributed by atoms with Crippen molar-refractivity contribution in [3.8, 4) is 0 Å². The van der Waals surface area contributed by atoms with Crippen LogP contribution in [0.3, 0.4) is 0 Å². The number of thiophene rings is 1. The minimum absolute atomic E-state index is 0.580. The molecule has 0 N–H and O–H groups in total. The van der Waals surface area contributed by atoms with Gasteiger partial charge in [0, 0.05) is 22.6 Å². The third kappa shape index (κ3) is 1.17. The molecular weight excluding hydrogens is 306 g/mol. The molecule has 0 bridgehead atoms. The molecule has 0 radical (unpaired) electrons. The van der Waals surface area contributed by atoms with Gasteiger partial charge in [0.1, 0.15) is 4.08 Å². The van der Waals surface area contributed by atoms with Crippen molar-refractivity contribution in [1.82, 2.24) is 0 Å². The molecule has 1 aliphatic carbocycles. The van der Waals surface area contributed by atoms with Crippen LogP contribution >= 0.6 is 60.1 Å². The molecule has 1 spiro atoms. The number of fused-ring (bicyclic) bond motifs is 2. The van der Waals surface area contributed by atoms with Crippen LogP contribution in [0.25, 0.3) is 0 Å². The van der Waals surface area contributed by atoms with E-state index >= 15 is 0 Å². The topological polar surface area (TPSA) is 0 Å². The zero-order valence-electron chi connectivity index (χ0n) is 7.94. The lowest BCUT2D eigenvalue weighted by atomic mass is 10.2. The molecule has 0 unspecified atom stereocenters. The van der Waals surface area contributed by atoms with Crippen LogP contribution in [-0.4, -0.2) is 17.4 Å². The molecule has 2 aliphatic rings. The molecule has 1 saturated heterocycles. The van der Waals surface area contributed by atoms with Gasteiger partial charge in [-0.05, 0) is 10.8 Å². The molecule has 1 aromatic heterocycles. The molecule has 0 amide bonds. The molecule has 0 aromatic carbocycles. The molecule has 1 aromatic rings. The first-order chi connectivity index (χ1) is 7.43. The summed E-state index contributed by atoms with van der Waals surface area (Å²) >= 11 is 12.3. The molecule has 88 valence electrons. The molecule has 1 fully saturated rings. The van der Waals surface area contributed by atoms with Crippen molar-refractivity contribution in [2.24, 2.45) is 0 Å². The second-order valence-electron chi connectivity index (χ2n) is 3.76. The van der Waals surface area contributed by atoms with E-state index in [9.17, 15) is 8.78 Å². The molecule has 1 aliphatic heterocycles. The van der Waals surface area contributed by atoms with Crippen LogP contribution in [0.4, 0.5) is 8.78 Å². The van der Waals surface area contributed by atoms with Gasteiger partial charge < -0.3 is 0 Å². The maximum absolute atomic E-state index is 14.5. The lowest BCUT2D eigenvalue weighted by molar-refractivity contribution is -0.0122. The first-order valence-electron chi connectivity index (χ1n) is 4.61. The van der Waals surface area contributed by atoms with E-state index in [0.29, 0.717) is 5.56 Å². The van der Waals surface area contributed by atoms with Gasteiger partial charge in [-0.3, -0.25) is 0 Å². The first kappa shape index (κ1) is 12.0. The Kier molecular flexibility index (Phi) is 2.63. The molecule has 3 rings (SSSR count). The van der Waals surface area contributed by atoms with Crippen LogP contribution in [0.2, 0.25) is 0 Å². The van der Waals surface area contributed by atoms with Crippen LogP contribution < -0.4 is 0 Å². The molecule has 7 heteroatoms. The molecule has 0 nitrogen and oxygen atoms in total. The monoisotopic (exact) mass is 314 g/mol. The molecule has 0 atom stereocenters. The van der Waals surface area contributed by atoms with E-state index in [4.69, 9.17) is 0 Å². The normalized spacial score (nSPS) is 28.5. The Balaban J connectivity index is 2.27. The highest BCUT2D eigenvalue weighted by Gasteiger charge is 2.73. The zero-order chi connectivity index (χ0) is 11.6. The van der Waals surface area contributed by atoms with Crippen LogP contribution in [0.1, 0.15) is 11.1 Å². The lowest BCUT2D eigenvalue weighted by Crippen LogP contribution is -2.43. The predicted molar refractivity (Wildman–Crippen MR) is 75.5 cm³/mol. The quantitative estimate of drug-likeness (QED) is 0.548. The minimum atomic E-state index is -2.93. The zero-order valence-corrected chi connectivity index (χ0v) is 12.2. The fourth-order valence-corrected chi connectivity index (χ4v) is 7.81. The average molecular weight is 314 g/mol. The molecular formula is C9H8F2S5. The summed E-state index contributed by atoms with van der Waals surface area (Å²) in [6, 6.07) is 0. The Labute approximate surface area is 116 Å². The summed E-state index contributed by atoms with van der Waals surface area (Å²) in [7, 11) is 0. The van der Waals surface area contributed by atoms with E-state index in [-0.39, 0.29) is 0 Å². The minimum Gasteiger partial charge on any atom is -0.201 e. The molecule has 2 heterocycles. The predicted octanol–water partition coefficient (Wildman–Crippen LogP) is 4.04. The van der Waals surface area contributed by atoms with Crippen LogP contribution in [0, 0.1) is 0 Å². The highest BCUT2D eigenvalue weighted by atomic mass is 32.2. The van der Waals surface area contributed by atoms with Crippen LogP contribution in [0.15, 0.2) is 10.8 Å². The van der Waals surface area contributed by atoms with Gasteiger partial charge in [0.2, 0.25) is 0 Å². The largest absolute Gasteiger partial charge is 0.302 e. The summed E-state index contributed by atoms with van der Waals surface area (Å²) < 4.78 is 26.2. The summed E-state index contributed by atoms with van der Waals surface area (Å²) in [6.45, 7) is 0. The molecule has 16 heavy (non-hydrogen) atoms. The van der Waals surface area contributed by atoms with E-state index in [1.165, 1.54) is 34.9 Å². The third-order valence-electron chi connectivity index (χ3n) is 2.94. The van der Waals surface area contributed by atoms with Crippen molar-refractivity contribution in [1.29, 1.82) is 0 Å². The third-order valence-corrected chi connectivity index (χ3v) is 8.27. The summed E-state index contributed by atoms with van der Waals surface area (Å²) in [6.07, 6.45) is 0. The fourth-order valence-electron chi connectivity index (χ4n) is 2.14. The Hall–Kier alpha value is 0.960. The smallest absolute Gasteiger partial charge is 0.201 e. The summed E-state index contributed by atoms with van der Waals surface area (Å²) in [5, 5.41) is 3.57. The maximum atomic E-state index is 14.5. The van der Waals surface area contributed by atoms with Crippen molar-refractivity contribution in [3.05, 3.63) is 21.9 Å². The van der Waals surface area contributed by atoms with E-state index in [0.717, 1.165) is 17.1 Å². The first-order valence-corrected chi connectivity index (χ1v) is 8.42. The number of thioether (sulfide) groups is 2. The highest BCUT2D eigenvalue weighted by Crippen LogP contribution is 2.73. The Morgan fingerprint density at radius 1 is 1.06 bits per heavy atom. The van der Waals surface area contributed by atoms with Gasteiger partial charge in [0.15, 0.2) is 4.08 Å². The number of alkyl halides is 2. The summed E-state index contributed by atoms with van der Waals surface area (Å²) in [5.41, 5.74) is 1.30. The van der Waals surface area contributed by atoms with Crippen molar-refractivity contribution in [3.63, 3.8) is 0 Å². The van der Waals surface area contributed by atoms with Gasteiger partial charge >= 0.3 is 5.92 Å². The Morgan fingerprint density at radius 2 is 1.62 bits per heavy atom. The average Bonchev–Trinajstić information content (AvgIpc) is 2.88.